The van der Waals surface area contributed by atoms with Crippen molar-refractivity contribution >= 4 is 22.6 Å². The molecule has 3 aliphatic heterocycles. The molecule has 5 heterocycles. The zero-order chi connectivity index (χ0) is 23.1. The summed E-state index contributed by atoms with van der Waals surface area (Å²) in [5.74, 6) is 0.297. The van der Waals surface area contributed by atoms with Crippen LogP contribution < -0.4 is 20.8 Å². The third-order valence-electron chi connectivity index (χ3n) is 6.87. The van der Waals surface area contributed by atoms with E-state index in [4.69, 9.17) is 24.9 Å². The summed E-state index contributed by atoms with van der Waals surface area (Å²) in [7, 11) is 0. The summed E-state index contributed by atoms with van der Waals surface area (Å²) in [5.41, 5.74) is 9.22. The second kappa shape index (κ2) is 6.71. The highest BCUT2D eigenvalue weighted by atomic mass is 16.7. The van der Waals surface area contributed by atoms with Crippen LogP contribution >= 0.6 is 0 Å². The lowest BCUT2D eigenvalue weighted by molar-refractivity contribution is -0.169. The maximum absolute atomic E-state index is 13.4. The van der Waals surface area contributed by atoms with E-state index in [0.717, 1.165) is 35.8 Å². The van der Waals surface area contributed by atoms with Gasteiger partial charge in [-0.2, -0.15) is 0 Å². The highest BCUT2D eigenvalue weighted by Crippen LogP contribution is 2.47. The minimum Gasteiger partial charge on any atom is -0.458 e. The Bertz CT molecular complexity index is 1440. The minimum atomic E-state index is -1.90. The third kappa shape index (κ3) is 2.59. The molecule has 1 atom stereocenters. The van der Waals surface area contributed by atoms with Crippen LogP contribution in [0.25, 0.3) is 22.3 Å². The molecule has 0 unspecified atom stereocenters. The van der Waals surface area contributed by atoms with Gasteiger partial charge in [-0.3, -0.25) is 4.79 Å². The predicted octanol–water partition coefficient (Wildman–Crippen LogP) is 2.34. The molecule has 2 aromatic heterocycles. The number of nitrogen functional groups attached to an aromatic ring is 1. The van der Waals surface area contributed by atoms with Crippen molar-refractivity contribution in [1.82, 2.24) is 9.55 Å². The fourth-order valence-electron chi connectivity index (χ4n) is 5.12. The summed E-state index contributed by atoms with van der Waals surface area (Å²) >= 11 is 0. The minimum absolute atomic E-state index is 0.107. The van der Waals surface area contributed by atoms with Crippen LogP contribution in [0.1, 0.15) is 48.9 Å². The van der Waals surface area contributed by atoms with Gasteiger partial charge in [0.05, 0.1) is 34.7 Å². The SMILES string of the molecule is CCCCc1c2c(nc3cc4c(c(N)c13)OCO4)-c1cc3c(c(=O)n1C2)COC(=O)[C@@]3(C)O. The van der Waals surface area contributed by atoms with Crippen molar-refractivity contribution < 1.29 is 24.1 Å². The molecule has 0 saturated carbocycles. The summed E-state index contributed by atoms with van der Waals surface area (Å²) in [4.78, 5) is 30.5. The van der Waals surface area contributed by atoms with E-state index in [9.17, 15) is 14.7 Å². The number of carbonyl (C=O) groups excluding carboxylic acids is 1. The number of unbranched alkanes of at least 4 members (excludes halogenated alkanes) is 1. The van der Waals surface area contributed by atoms with Crippen molar-refractivity contribution in [3.8, 4) is 22.9 Å². The molecule has 0 aliphatic carbocycles. The molecule has 3 N–H and O–H groups in total. The summed E-state index contributed by atoms with van der Waals surface area (Å²) < 4.78 is 17.9. The number of nitrogens with zero attached hydrogens (tertiary/aromatic N) is 2. The number of cyclic esters (lactones) is 1. The monoisotopic (exact) mass is 449 g/mol. The van der Waals surface area contributed by atoms with E-state index in [1.165, 1.54) is 6.92 Å². The van der Waals surface area contributed by atoms with Gasteiger partial charge in [-0.15, -0.1) is 0 Å². The average molecular weight is 449 g/mol. The Kier molecular flexibility index (Phi) is 4.08. The Morgan fingerprint density at radius 3 is 2.82 bits per heavy atom. The van der Waals surface area contributed by atoms with E-state index in [2.05, 4.69) is 6.92 Å². The van der Waals surface area contributed by atoms with Gasteiger partial charge in [-0.1, -0.05) is 13.3 Å². The molecule has 0 amide bonds. The van der Waals surface area contributed by atoms with Crippen molar-refractivity contribution in [2.24, 2.45) is 0 Å². The van der Waals surface area contributed by atoms with Gasteiger partial charge in [0.25, 0.3) is 5.56 Å². The number of ether oxygens (including phenoxy) is 3. The smallest absolute Gasteiger partial charge is 0.342 e. The molecule has 170 valence electrons. The van der Waals surface area contributed by atoms with Crippen LogP contribution in [0.3, 0.4) is 0 Å². The first kappa shape index (κ1) is 20.0. The number of fused-ring (bicyclic) bond motifs is 6. The second-order valence-corrected chi connectivity index (χ2v) is 8.90. The molecule has 9 nitrogen and oxygen atoms in total. The number of hydrogen-bond donors (Lipinski definition) is 2. The number of esters is 1. The van der Waals surface area contributed by atoms with Crippen LogP contribution in [0.5, 0.6) is 11.5 Å². The summed E-state index contributed by atoms with van der Waals surface area (Å²) in [6.07, 6.45) is 2.70. The van der Waals surface area contributed by atoms with Gasteiger partial charge in [0, 0.05) is 22.6 Å². The Balaban J connectivity index is 1.66. The van der Waals surface area contributed by atoms with Crippen LogP contribution in [0.15, 0.2) is 16.9 Å². The van der Waals surface area contributed by atoms with Crippen LogP contribution in [0.2, 0.25) is 0 Å². The lowest BCUT2D eigenvalue weighted by Crippen LogP contribution is -2.42. The molecule has 0 saturated heterocycles. The molecule has 0 spiro atoms. The van der Waals surface area contributed by atoms with Gasteiger partial charge in [0.15, 0.2) is 17.1 Å². The molecule has 9 heteroatoms. The Labute approximate surface area is 188 Å². The normalized spacial score (nSPS) is 19.9. The van der Waals surface area contributed by atoms with Crippen molar-refractivity contribution in [1.29, 1.82) is 0 Å². The largest absolute Gasteiger partial charge is 0.458 e. The second-order valence-electron chi connectivity index (χ2n) is 8.90. The number of hydrogen-bond acceptors (Lipinski definition) is 8. The molecule has 6 rings (SSSR count). The fraction of sp³-hybridized carbons (Fsp3) is 0.375. The van der Waals surface area contributed by atoms with Gasteiger partial charge >= 0.3 is 5.97 Å². The first-order chi connectivity index (χ1) is 15.8. The molecular formula is C24H23N3O6. The number of aryl methyl sites for hydroxylation is 1. The maximum Gasteiger partial charge on any atom is 0.342 e. The van der Waals surface area contributed by atoms with Gasteiger partial charge < -0.3 is 29.6 Å². The number of carbonyl (C=O) groups is 1. The fourth-order valence-corrected chi connectivity index (χ4v) is 5.12. The van der Waals surface area contributed by atoms with E-state index in [1.54, 1.807) is 10.6 Å². The molecule has 1 aromatic carbocycles. The quantitative estimate of drug-likeness (QED) is 0.361. The topological polar surface area (TPSA) is 126 Å². The number of pyridine rings is 2. The van der Waals surface area contributed by atoms with Gasteiger partial charge in [-0.05, 0) is 31.4 Å². The first-order valence-electron chi connectivity index (χ1n) is 11.0. The van der Waals surface area contributed by atoms with Crippen LogP contribution in [-0.2, 0) is 34.7 Å². The Morgan fingerprint density at radius 1 is 1.21 bits per heavy atom. The molecule has 3 aliphatic rings. The van der Waals surface area contributed by atoms with Crippen molar-refractivity contribution in [3.05, 3.63) is 44.7 Å². The van der Waals surface area contributed by atoms with Crippen LogP contribution in [0, 0.1) is 0 Å². The molecular weight excluding hydrogens is 426 g/mol. The molecule has 3 aromatic rings. The van der Waals surface area contributed by atoms with Crippen LogP contribution in [-0.4, -0.2) is 27.4 Å². The van der Waals surface area contributed by atoms with Gasteiger partial charge in [0.2, 0.25) is 6.79 Å². The lowest BCUT2D eigenvalue weighted by atomic mass is 9.89. The Morgan fingerprint density at radius 2 is 2.03 bits per heavy atom. The number of aliphatic hydroxyl groups is 1. The molecule has 0 fully saturated rings. The van der Waals surface area contributed by atoms with E-state index in [-0.39, 0.29) is 30.1 Å². The average Bonchev–Trinajstić information content (AvgIpc) is 3.40. The summed E-state index contributed by atoms with van der Waals surface area (Å²) in [5, 5.41) is 11.6. The number of aromatic nitrogens is 2. The van der Waals surface area contributed by atoms with E-state index in [1.807, 2.05) is 6.07 Å². The zero-order valence-corrected chi connectivity index (χ0v) is 18.4. The lowest BCUT2D eigenvalue weighted by Gasteiger charge is -2.29. The molecule has 0 bridgehead atoms. The van der Waals surface area contributed by atoms with E-state index in [0.29, 0.717) is 40.6 Å². The number of rotatable bonds is 3. The number of benzene rings is 1. The highest BCUT2D eigenvalue weighted by Gasteiger charge is 2.43. The molecule has 33 heavy (non-hydrogen) atoms. The van der Waals surface area contributed by atoms with Crippen LogP contribution in [0.4, 0.5) is 5.69 Å². The Hall–Kier alpha value is -3.59. The summed E-state index contributed by atoms with van der Waals surface area (Å²) in [6, 6.07) is 3.51. The predicted molar refractivity (Wildman–Crippen MR) is 119 cm³/mol. The molecule has 0 radical (unpaired) electrons. The first-order valence-corrected chi connectivity index (χ1v) is 11.0. The third-order valence-corrected chi connectivity index (χ3v) is 6.87. The van der Waals surface area contributed by atoms with Gasteiger partial charge in [-0.25, -0.2) is 9.78 Å². The standard InChI is InChI=1S/C24H23N3O6/c1-3-4-5-11-12-8-27-16(6-14-13(22(27)28)9-31-23(29)24(14,2)30)20(12)26-15-7-17-21(33-10-32-17)19(25)18(11)15/h6-7,30H,3-5,8-10,25H2,1-2H3/t24-/m0/s1. The van der Waals surface area contributed by atoms with Crippen molar-refractivity contribution in [2.45, 2.75) is 51.9 Å². The number of nitrogens with two attached hydrogens (primary N) is 1. The van der Waals surface area contributed by atoms with E-state index >= 15 is 0 Å². The zero-order valence-electron chi connectivity index (χ0n) is 18.4. The van der Waals surface area contributed by atoms with Crippen molar-refractivity contribution in [3.63, 3.8) is 0 Å². The highest BCUT2D eigenvalue weighted by molar-refractivity contribution is 6.01. The van der Waals surface area contributed by atoms with E-state index < -0.39 is 11.6 Å². The summed E-state index contributed by atoms with van der Waals surface area (Å²) in [6.45, 7) is 3.75. The van der Waals surface area contributed by atoms with Crippen molar-refractivity contribution in [2.75, 3.05) is 12.5 Å². The number of anilines is 1. The van der Waals surface area contributed by atoms with Gasteiger partial charge in [0.1, 0.15) is 6.61 Å². The maximum atomic E-state index is 13.4.